The second-order valence-electron chi connectivity index (χ2n) is 6.14. The standard InChI is InChI=1S/C20H22Cl2N2O4/c1-4-12(2)27-16-7-5-6-14(10-16)20(26)24-23-19(25)13(3)28-18-9-8-15(21)11-17(18)22/h5-13H,4H2,1-3H3,(H,23,25)(H,24,26). The van der Waals surface area contributed by atoms with Crippen LogP contribution < -0.4 is 20.3 Å². The predicted molar refractivity (Wildman–Crippen MR) is 109 cm³/mol. The fraction of sp³-hybridized carbons (Fsp3) is 0.300. The van der Waals surface area contributed by atoms with E-state index in [0.717, 1.165) is 6.42 Å². The number of benzene rings is 2. The molecule has 0 aromatic heterocycles. The minimum atomic E-state index is -0.890. The Bertz CT molecular complexity index is 845. The molecule has 0 heterocycles. The molecule has 6 nitrogen and oxygen atoms in total. The number of halogens is 2. The van der Waals surface area contributed by atoms with Crippen LogP contribution in [0.25, 0.3) is 0 Å². The van der Waals surface area contributed by atoms with Gasteiger partial charge in [0.25, 0.3) is 11.8 Å². The van der Waals surface area contributed by atoms with Crippen LogP contribution in [0.3, 0.4) is 0 Å². The summed E-state index contributed by atoms with van der Waals surface area (Å²) < 4.78 is 11.2. The van der Waals surface area contributed by atoms with E-state index in [1.54, 1.807) is 36.4 Å². The number of hydrogen-bond acceptors (Lipinski definition) is 4. The van der Waals surface area contributed by atoms with E-state index in [1.165, 1.54) is 13.0 Å². The smallest absolute Gasteiger partial charge is 0.279 e. The third-order valence-corrected chi connectivity index (χ3v) is 4.41. The maximum Gasteiger partial charge on any atom is 0.279 e. The molecule has 2 aromatic rings. The molecule has 2 N–H and O–H groups in total. The van der Waals surface area contributed by atoms with Gasteiger partial charge in [-0.1, -0.05) is 36.2 Å². The summed E-state index contributed by atoms with van der Waals surface area (Å²) in [6.07, 6.45) is -0.00287. The number of ether oxygens (including phenoxy) is 2. The summed E-state index contributed by atoms with van der Waals surface area (Å²) in [5, 5.41) is 0.746. The molecule has 0 bridgehead atoms. The Morgan fingerprint density at radius 1 is 1.04 bits per heavy atom. The molecule has 0 saturated carbocycles. The van der Waals surface area contributed by atoms with Crippen LogP contribution in [0.4, 0.5) is 0 Å². The van der Waals surface area contributed by atoms with Gasteiger partial charge in [0.05, 0.1) is 11.1 Å². The van der Waals surface area contributed by atoms with E-state index in [9.17, 15) is 9.59 Å². The van der Waals surface area contributed by atoms with Gasteiger partial charge in [0.2, 0.25) is 0 Å². The summed E-state index contributed by atoms with van der Waals surface area (Å²) in [6, 6.07) is 11.4. The molecule has 2 rings (SSSR count). The van der Waals surface area contributed by atoms with E-state index in [-0.39, 0.29) is 11.1 Å². The molecule has 0 aliphatic heterocycles. The minimum Gasteiger partial charge on any atom is -0.491 e. The molecular weight excluding hydrogens is 403 g/mol. The van der Waals surface area contributed by atoms with Gasteiger partial charge in [0.1, 0.15) is 11.5 Å². The van der Waals surface area contributed by atoms with Crippen molar-refractivity contribution in [3.8, 4) is 11.5 Å². The molecule has 150 valence electrons. The van der Waals surface area contributed by atoms with Crippen LogP contribution in [0.15, 0.2) is 42.5 Å². The number of carbonyl (C=O) groups is 2. The lowest BCUT2D eigenvalue weighted by molar-refractivity contribution is -0.128. The average Bonchev–Trinajstić information content (AvgIpc) is 2.67. The quantitative estimate of drug-likeness (QED) is 0.645. The molecule has 0 aliphatic carbocycles. The Kier molecular flexibility index (Phi) is 7.96. The second kappa shape index (κ2) is 10.2. The maximum atomic E-state index is 12.3. The Labute approximate surface area is 174 Å². The normalized spacial score (nSPS) is 12.6. The first-order valence-electron chi connectivity index (χ1n) is 8.78. The zero-order chi connectivity index (χ0) is 20.7. The summed E-state index contributed by atoms with van der Waals surface area (Å²) in [7, 11) is 0. The van der Waals surface area contributed by atoms with Crippen molar-refractivity contribution in [1.82, 2.24) is 10.9 Å². The molecular formula is C20H22Cl2N2O4. The van der Waals surface area contributed by atoms with Crippen LogP contribution in [-0.2, 0) is 4.79 Å². The average molecular weight is 425 g/mol. The monoisotopic (exact) mass is 424 g/mol. The molecule has 0 radical (unpaired) electrons. The van der Waals surface area contributed by atoms with Crippen molar-refractivity contribution < 1.29 is 19.1 Å². The number of hydrogen-bond donors (Lipinski definition) is 2. The van der Waals surface area contributed by atoms with Gasteiger partial charge in [0, 0.05) is 10.6 Å². The lowest BCUT2D eigenvalue weighted by Crippen LogP contribution is -2.47. The van der Waals surface area contributed by atoms with Gasteiger partial charge in [0.15, 0.2) is 6.10 Å². The Morgan fingerprint density at radius 2 is 1.79 bits per heavy atom. The summed E-state index contributed by atoms with van der Waals surface area (Å²) in [5.74, 6) is -0.108. The van der Waals surface area contributed by atoms with Crippen molar-refractivity contribution in [2.75, 3.05) is 0 Å². The highest BCUT2D eigenvalue weighted by atomic mass is 35.5. The number of amides is 2. The van der Waals surface area contributed by atoms with Gasteiger partial charge in [-0.15, -0.1) is 0 Å². The van der Waals surface area contributed by atoms with Gasteiger partial charge in [-0.05, 0) is 56.7 Å². The number of hydrazine groups is 1. The molecule has 0 saturated heterocycles. The van der Waals surface area contributed by atoms with Gasteiger partial charge in [-0.2, -0.15) is 0 Å². The Balaban J connectivity index is 1.91. The van der Waals surface area contributed by atoms with Crippen LogP contribution in [0, 0.1) is 0 Å². The van der Waals surface area contributed by atoms with Crippen molar-refractivity contribution in [2.45, 2.75) is 39.4 Å². The van der Waals surface area contributed by atoms with Crippen LogP contribution in [-0.4, -0.2) is 24.0 Å². The van der Waals surface area contributed by atoms with Gasteiger partial charge in [-0.3, -0.25) is 20.4 Å². The predicted octanol–water partition coefficient (Wildman–Crippen LogP) is 4.40. The van der Waals surface area contributed by atoms with Crippen molar-refractivity contribution in [1.29, 1.82) is 0 Å². The molecule has 2 amide bonds. The number of carbonyl (C=O) groups excluding carboxylic acids is 2. The lowest BCUT2D eigenvalue weighted by atomic mass is 10.2. The Hall–Kier alpha value is -2.44. The Morgan fingerprint density at radius 3 is 2.46 bits per heavy atom. The highest BCUT2D eigenvalue weighted by Crippen LogP contribution is 2.28. The molecule has 2 aromatic carbocycles. The van der Waals surface area contributed by atoms with Gasteiger partial charge < -0.3 is 9.47 Å². The zero-order valence-corrected chi connectivity index (χ0v) is 17.3. The van der Waals surface area contributed by atoms with Crippen LogP contribution in [0.5, 0.6) is 11.5 Å². The van der Waals surface area contributed by atoms with E-state index >= 15 is 0 Å². The first-order valence-corrected chi connectivity index (χ1v) is 9.54. The first kappa shape index (κ1) is 21.9. The molecule has 2 unspecified atom stereocenters. The van der Waals surface area contributed by atoms with Crippen molar-refractivity contribution in [2.24, 2.45) is 0 Å². The summed E-state index contributed by atoms with van der Waals surface area (Å²) in [4.78, 5) is 24.4. The van der Waals surface area contributed by atoms with E-state index in [1.807, 2.05) is 13.8 Å². The fourth-order valence-electron chi connectivity index (χ4n) is 2.13. The number of nitrogens with one attached hydrogen (secondary N) is 2. The number of rotatable bonds is 7. The SMILES string of the molecule is CCC(C)Oc1cccc(C(=O)NNC(=O)C(C)Oc2ccc(Cl)cc2Cl)c1. The van der Waals surface area contributed by atoms with Crippen molar-refractivity contribution in [3.05, 3.63) is 58.1 Å². The van der Waals surface area contributed by atoms with Crippen molar-refractivity contribution >= 4 is 35.0 Å². The van der Waals surface area contributed by atoms with E-state index < -0.39 is 17.9 Å². The van der Waals surface area contributed by atoms with Crippen LogP contribution >= 0.6 is 23.2 Å². The highest BCUT2D eigenvalue weighted by Gasteiger charge is 2.17. The van der Waals surface area contributed by atoms with E-state index in [2.05, 4.69) is 10.9 Å². The molecule has 0 fully saturated rings. The fourth-order valence-corrected chi connectivity index (χ4v) is 2.59. The molecule has 2 atom stereocenters. The van der Waals surface area contributed by atoms with E-state index in [0.29, 0.717) is 22.1 Å². The van der Waals surface area contributed by atoms with Crippen molar-refractivity contribution in [3.63, 3.8) is 0 Å². The van der Waals surface area contributed by atoms with Gasteiger partial charge >= 0.3 is 0 Å². The van der Waals surface area contributed by atoms with Gasteiger partial charge in [-0.25, -0.2) is 0 Å². The summed E-state index contributed by atoms with van der Waals surface area (Å²) >= 11 is 11.9. The van der Waals surface area contributed by atoms with Crippen LogP contribution in [0.2, 0.25) is 10.0 Å². The molecule has 0 spiro atoms. The zero-order valence-electron chi connectivity index (χ0n) is 15.8. The van der Waals surface area contributed by atoms with Crippen LogP contribution in [0.1, 0.15) is 37.6 Å². The third-order valence-electron chi connectivity index (χ3n) is 3.87. The largest absolute Gasteiger partial charge is 0.491 e. The second-order valence-corrected chi connectivity index (χ2v) is 6.99. The minimum absolute atomic E-state index is 0.0377. The molecule has 8 heteroatoms. The highest BCUT2D eigenvalue weighted by molar-refractivity contribution is 6.35. The molecule has 0 aliphatic rings. The lowest BCUT2D eigenvalue weighted by Gasteiger charge is -2.16. The third kappa shape index (κ3) is 6.32. The summed E-state index contributed by atoms with van der Waals surface area (Å²) in [5.41, 5.74) is 5.04. The maximum absolute atomic E-state index is 12.3. The molecule has 28 heavy (non-hydrogen) atoms. The summed E-state index contributed by atoms with van der Waals surface area (Å²) in [6.45, 7) is 5.49. The van der Waals surface area contributed by atoms with E-state index in [4.69, 9.17) is 32.7 Å². The first-order chi connectivity index (χ1) is 13.3. The topological polar surface area (TPSA) is 76.7 Å².